The number of rotatable bonds is 3. The zero-order chi connectivity index (χ0) is 11.4. The number of hydrogen-bond donors (Lipinski definition) is 1. The monoisotopic (exact) mass is 202 g/mol. The topological polar surface area (TPSA) is 37.3 Å². The number of carbonyl (C=O) groups excluding carboxylic acids is 1. The van der Waals surface area contributed by atoms with Crippen LogP contribution in [0.25, 0.3) is 6.08 Å². The van der Waals surface area contributed by atoms with Gasteiger partial charge in [-0.2, -0.15) is 0 Å². The van der Waals surface area contributed by atoms with Crippen LogP contribution in [0.1, 0.15) is 29.8 Å². The minimum atomic E-state index is -0.0139. The molecule has 0 fully saturated rings. The van der Waals surface area contributed by atoms with Crippen molar-refractivity contribution in [3.8, 4) is 5.75 Å². The maximum Gasteiger partial charge on any atom is 0.159 e. The first-order valence-electron chi connectivity index (χ1n) is 4.68. The Hall–Kier alpha value is -1.83. The van der Waals surface area contributed by atoms with E-state index in [2.05, 4.69) is 6.58 Å². The third-order valence-electron chi connectivity index (χ3n) is 1.98. The van der Waals surface area contributed by atoms with Crippen molar-refractivity contribution in [1.29, 1.82) is 0 Å². The fourth-order valence-electron chi connectivity index (χ4n) is 1.14. The van der Waals surface area contributed by atoms with E-state index in [-0.39, 0.29) is 11.5 Å². The molecule has 1 aromatic rings. The van der Waals surface area contributed by atoms with Gasteiger partial charge < -0.3 is 5.11 Å². The number of benzene rings is 1. The lowest BCUT2D eigenvalue weighted by atomic mass is 10.1. The quantitative estimate of drug-likeness (QED) is 0.603. The zero-order valence-electron chi connectivity index (χ0n) is 8.95. The van der Waals surface area contributed by atoms with Crippen molar-refractivity contribution in [1.82, 2.24) is 0 Å². The average Bonchev–Trinajstić information content (AvgIpc) is 2.16. The van der Waals surface area contributed by atoms with Gasteiger partial charge in [0.1, 0.15) is 5.75 Å². The Kier molecular flexibility index (Phi) is 3.45. The van der Waals surface area contributed by atoms with Gasteiger partial charge in [-0.1, -0.05) is 24.3 Å². The predicted octanol–water partition coefficient (Wildman–Crippen LogP) is 3.18. The molecule has 0 saturated heterocycles. The summed E-state index contributed by atoms with van der Waals surface area (Å²) in [5.74, 6) is 0.150. The van der Waals surface area contributed by atoms with Crippen LogP contribution in [-0.4, -0.2) is 10.9 Å². The van der Waals surface area contributed by atoms with Crippen molar-refractivity contribution in [3.05, 3.63) is 47.6 Å². The molecule has 0 atom stereocenters. The molecule has 0 aromatic heterocycles. The van der Waals surface area contributed by atoms with Crippen LogP contribution >= 0.6 is 0 Å². The summed E-state index contributed by atoms with van der Waals surface area (Å²) in [6.45, 7) is 7.08. The van der Waals surface area contributed by atoms with E-state index in [1.54, 1.807) is 24.3 Å². The van der Waals surface area contributed by atoms with Gasteiger partial charge in [0.05, 0.1) is 0 Å². The standard InChI is InChI=1S/C13H14O2/c1-9(2)4-5-12-8-11(10(3)14)6-7-13(12)15/h4-8,15H,1H2,2-3H3. The van der Waals surface area contributed by atoms with E-state index in [9.17, 15) is 9.90 Å². The van der Waals surface area contributed by atoms with E-state index in [0.717, 1.165) is 5.57 Å². The molecule has 1 N–H and O–H groups in total. The summed E-state index contributed by atoms with van der Waals surface area (Å²) >= 11 is 0. The number of hydrogen-bond acceptors (Lipinski definition) is 2. The van der Waals surface area contributed by atoms with E-state index in [0.29, 0.717) is 11.1 Å². The molecule has 2 heteroatoms. The molecule has 78 valence electrons. The summed E-state index contributed by atoms with van der Waals surface area (Å²) in [4.78, 5) is 11.1. The van der Waals surface area contributed by atoms with Gasteiger partial charge in [-0.15, -0.1) is 0 Å². The van der Waals surface area contributed by atoms with Crippen LogP contribution in [0.4, 0.5) is 0 Å². The third kappa shape index (κ3) is 3.09. The van der Waals surface area contributed by atoms with Gasteiger partial charge >= 0.3 is 0 Å². The molecule has 0 aliphatic rings. The largest absolute Gasteiger partial charge is 0.507 e. The summed E-state index contributed by atoms with van der Waals surface area (Å²) in [6.07, 6.45) is 3.53. The highest BCUT2D eigenvalue weighted by atomic mass is 16.3. The van der Waals surface area contributed by atoms with Gasteiger partial charge in [0, 0.05) is 11.1 Å². The van der Waals surface area contributed by atoms with Crippen molar-refractivity contribution in [2.75, 3.05) is 0 Å². The maximum atomic E-state index is 11.1. The van der Waals surface area contributed by atoms with Crippen molar-refractivity contribution < 1.29 is 9.90 Å². The fraction of sp³-hybridized carbons (Fsp3) is 0.154. The highest BCUT2D eigenvalue weighted by molar-refractivity contribution is 5.95. The predicted molar refractivity (Wildman–Crippen MR) is 62.0 cm³/mol. The van der Waals surface area contributed by atoms with E-state index in [4.69, 9.17) is 0 Å². The van der Waals surface area contributed by atoms with Crippen LogP contribution in [0.3, 0.4) is 0 Å². The number of phenols is 1. The Morgan fingerprint density at radius 2 is 2.07 bits per heavy atom. The van der Waals surface area contributed by atoms with Gasteiger partial charge in [0.15, 0.2) is 5.78 Å². The number of phenolic OH excluding ortho intramolecular Hbond substituents is 1. The maximum absolute atomic E-state index is 11.1. The Bertz CT molecular complexity index is 428. The minimum Gasteiger partial charge on any atom is -0.507 e. The smallest absolute Gasteiger partial charge is 0.159 e. The minimum absolute atomic E-state index is 0.0139. The SMILES string of the molecule is C=C(C)C=Cc1cc(C(C)=O)ccc1O. The van der Waals surface area contributed by atoms with E-state index >= 15 is 0 Å². The van der Waals surface area contributed by atoms with Crippen LogP contribution in [-0.2, 0) is 0 Å². The van der Waals surface area contributed by atoms with E-state index < -0.39 is 0 Å². The van der Waals surface area contributed by atoms with Crippen molar-refractivity contribution in [2.24, 2.45) is 0 Å². The third-order valence-corrected chi connectivity index (χ3v) is 1.98. The molecule has 1 rings (SSSR count). The van der Waals surface area contributed by atoms with Crippen LogP contribution in [0, 0.1) is 0 Å². The van der Waals surface area contributed by atoms with Crippen LogP contribution < -0.4 is 0 Å². The lowest BCUT2D eigenvalue weighted by molar-refractivity contribution is 0.101. The van der Waals surface area contributed by atoms with Gasteiger partial charge in [0.2, 0.25) is 0 Å². The highest BCUT2D eigenvalue weighted by Crippen LogP contribution is 2.20. The molecule has 0 saturated carbocycles. The molecular weight excluding hydrogens is 188 g/mol. The Morgan fingerprint density at radius 1 is 1.40 bits per heavy atom. The second kappa shape index (κ2) is 4.60. The number of allylic oxidation sites excluding steroid dienone is 2. The second-order valence-corrected chi connectivity index (χ2v) is 3.51. The van der Waals surface area contributed by atoms with Crippen molar-refractivity contribution in [3.63, 3.8) is 0 Å². The lowest BCUT2D eigenvalue weighted by Crippen LogP contribution is -1.91. The lowest BCUT2D eigenvalue weighted by Gasteiger charge is -2.01. The number of carbonyl (C=O) groups is 1. The Labute approximate surface area is 89.6 Å². The average molecular weight is 202 g/mol. The summed E-state index contributed by atoms with van der Waals surface area (Å²) < 4.78 is 0. The van der Waals surface area contributed by atoms with E-state index in [1.165, 1.54) is 13.0 Å². The number of Topliss-reactive ketones (excluding diaryl/α,β-unsaturated/α-hetero) is 1. The molecule has 0 aliphatic carbocycles. The normalized spacial score (nSPS) is 10.5. The van der Waals surface area contributed by atoms with Gasteiger partial charge in [-0.25, -0.2) is 0 Å². The highest BCUT2D eigenvalue weighted by Gasteiger charge is 2.02. The molecule has 0 amide bonds. The molecule has 15 heavy (non-hydrogen) atoms. The molecule has 0 spiro atoms. The van der Waals surface area contributed by atoms with Gasteiger partial charge in [0.25, 0.3) is 0 Å². The Balaban J connectivity index is 3.11. The van der Waals surface area contributed by atoms with Crippen LogP contribution in [0.15, 0.2) is 36.4 Å². The van der Waals surface area contributed by atoms with Gasteiger partial charge in [-0.05, 0) is 32.0 Å². The molecule has 0 heterocycles. The molecule has 2 nitrogen and oxygen atoms in total. The number of aromatic hydroxyl groups is 1. The van der Waals surface area contributed by atoms with Crippen molar-refractivity contribution in [2.45, 2.75) is 13.8 Å². The molecule has 0 aliphatic heterocycles. The van der Waals surface area contributed by atoms with Crippen LogP contribution in [0.5, 0.6) is 5.75 Å². The van der Waals surface area contributed by atoms with E-state index in [1.807, 2.05) is 6.92 Å². The Morgan fingerprint density at radius 3 is 2.60 bits per heavy atom. The fourth-order valence-corrected chi connectivity index (χ4v) is 1.14. The van der Waals surface area contributed by atoms with Crippen molar-refractivity contribution >= 4 is 11.9 Å². The summed E-state index contributed by atoms with van der Waals surface area (Å²) in [6, 6.07) is 4.79. The summed E-state index contributed by atoms with van der Waals surface area (Å²) in [5, 5.41) is 9.54. The molecule has 0 unspecified atom stereocenters. The molecule has 0 radical (unpaired) electrons. The molecule has 1 aromatic carbocycles. The first kappa shape index (κ1) is 11.2. The molecular formula is C13H14O2. The first-order valence-corrected chi connectivity index (χ1v) is 4.68. The zero-order valence-corrected chi connectivity index (χ0v) is 8.95. The first-order chi connectivity index (χ1) is 7.00. The molecule has 0 bridgehead atoms. The summed E-state index contributed by atoms with van der Waals surface area (Å²) in [7, 11) is 0. The second-order valence-electron chi connectivity index (χ2n) is 3.51. The summed E-state index contributed by atoms with van der Waals surface area (Å²) in [5.41, 5.74) is 2.11. The van der Waals surface area contributed by atoms with Gasteiger partial charge in [-0.3, -0.25) is 4.79 Å². The van der Waals surface area contributed by atoms with Crippen LogP contribution in [0.2, 0.25) is 0 Å². The number of ketones is 1.